The molecule has 1 rings (SSSR count). The predicted molar refractivity (Wildman–Crippen MR) is 80.8 cm³/mol. The fourth-order valence-electron chi connectivity index (χ4n) is 1.59. The van der Waals surface area contributed by atoms with Crippen LogP contribution in [0, 0.1) is 0 Å². The Labute approximate surface area is 121 Å². The summed E-state index contributed by atoms with van der Waals surface area (Å²) in [5, 5.41) is 3.16. The lowest BCUT2D eigenvalue weighted by Gasteiger charge is -2.26. The molecule has 1 unspecified atom stereocenters. The molecule has 0 aliphatic carbocycles. The van der Waals surface area contributed by atoms with Gasteiger partial charge in [-0.15, -0.1) is 11.8 Å². The SMILES string of the molecule is CCNC(C)(CCSc1ccc(Br)cc1)C(N)=O. The van der Waals surface area contributed by atoms with Crippen LogP contribution in [0.5, 0.6) is 0 Å². The third-order valence-electron chi connectivity index (χ3n) is 2.80. The Hall–Kier alpha value is -0.520. The van der Waals surface area contributed by atoms with Gasteiger partial charge in [0.1, 0.15) is 0 Å². The van der Waals surface area contributed by atoms with E-state index < -0.39 is 5.54 Å². The van der Waals surface area contributed by atoms with E-state index in [9.17, 15) is 4.79 Å². The highest BCUT2D eigenvalue weighted by Crippen LogP contribution is 2.23. The first kappa shape index (κ1) is 15.5. The highest BCUT2D eigenvalue weighted by molar-refractivity contribution is 9.10. The highest BCUT2D eigenvalue weighted by atomic mass is 79.9. The van der Waals surface area contributed by atoms with Gasteiger partial charge in [-0.1, -0.05) is 22.9 Å². The molecule has 100 valence electrons. The molecule has 0 aliphatic heterocycles. The summed E-state index contributed by atoms with van der Waals surface area (Å²) in [6, 6.07) is 8.15. The Morgan fingerprint density at radius 3 is 2.56 bits per heavy atom. The lowest BCUT2D eigenvalue weighted by Crippen LogP contribution is -2.53. The molecule has 3 N–H and O–H groups in total. The van der Waals surface area contributed by atoms with Gasteiger partial charge >= 0.3 is 0 Å². The summed E-state index contributed by atoms with van der Waals surface area (Å²) in [7, 11) is 0. The van der Waals surface area contributed by atoms with Crippen LogP contribution in [0.4, 0.5) is 0 Å². The van der Waals surface area contributed by atoms with E-state index in [-0.39, 0.29) is 5.91 Å². The molecule has 0 saturated carbocycles. The lowest BCUT2D eigenvalue weighted by molar-refractivity contribution is -0.123. The van der Waals surface area contributed by atoms with Crippen molar-refractivity contribution in [2.24, 2.45) is 5.73 Å². The van der Waals surface area contributed by atoms with Crippen LogP contribution in [-0.4, -0.2) is 23.7 Å². The molecule has 0 aromatic heterocycles. The summed E-state index contributed by atoms with van der Waals surface area (Å²) in [6.45, 7) is 4.58. The van der Waals surface area contributed by atoms with Crippen molar-refractivity contribution in [3.05, 3.63) is 28.7 Å². The maximum absolute atomic E-state index is 11.4. The van der Waals surface area contributed by atoms with Crippen molar-refractivity contribution in [1.29, 1.82) is 0 Å². The van der Waals surface area contributed by atoms with E-state index in [2.05, 4.69) is 33.4 Å². The van der Waals surface area contributed by atoms with Crippen LogP contribution in [0.25, 0.3) is 0 Å². The van der Waals surface area contributed by atoms with Gasteiger partial charge in [0, 0.05) is 15.1 Å². The van der Waals surface area contributed by atoms with E-state index in [1.54, 1.807) is 11.8 Å². The maximum Gasteiger partial charge on any atom is 0.237 e. The second kappa shape index (κ2) is 7.16. The normalized spacial score (nSPS) is 14.2. The van der Waals surface area contributed by atoms with Gasteiger partial charge in [-0.2, -0.15) is 0 Å². The van der Waals surface area contributed by atoms with Gasteiger partial charge in [-0.25, -0.2) is 0 Å². The van der Waals surface area contributed by atoms with Gasteiger partial charge in [0.05, 0.1) is 5.54 Å². The van der Waals surface area contributed by atoms with Crippen molar-refractivity contribution in [1.82, 2.24) is 5.32 Å². The minimum absolute atomic E-state index is 0.291. The van der Waals surface area contributed by atoms with E-state index >= 15 is 0 Å². The number of likely N-dealkylation sites (N-methyl/N-ethyl adjacent to an activating group) is 1. The molecule has 0 aliphatic rings. The van der Waals surface area contributed by atoms with Gasteiger partial charge in [0.25, 0.3) is 0 Å². The number of carbonyl (C=O) groups excluding carboxylic acids is 1. The Morgan fingerprint density at radius 1 is 1.44 bits per heavy atom. The molecule has 1 aromatic carbocycles. The number of rotatable bonds is 7. The van der Waals surface area contributed by atoms with Crippen molar-refractivity contribution < 1.29 is 4.79 Å². The molecular formula is C13H19BrN2OS. The second-order valence-electron chi connectivity index (χ2n) is 4.28. The van der Waals surface area contributed by atoms with Crippen LogP contribution < -0.4 is 11.1 Å². The van der Waals surface area contributed by atoms with E-state index in [4.69, 9.17) is 5.73 Å². The van der Waals surface area contributed by atoms with Crippen molar-refractivity contribution in [2.45, 2.75) is 30.7 Å². The molecule has 0 saturated heterocycles. The number of carbonyl (C=O) groups is 1. The fourth-order valence-corrected chi connectivity index (χ4v) is 2.93. The Kier molecular flexibility index (Phi) is 6.18. The van der Waals surface area contributed by atoms with E-state index in [0.717, 1.165) is 23.2 Å². The quantitative estimate of drug-likeness (QED) is 0.756. The summed E-state index contributed by atoms with van der Waals surface area (Å²) in [5.41, 5.74) is 4.83. The molecule has 3 nitrogen and oxygen atoms in total. The number of amides is 1. The molecule has 1 amide bonds. The van der Waals surface area contributed by atoms with Gasteiger partial charge in [0.2, 0.25) is 5.91 Å². The summed E-state index contributed by atoms with van der Waals surface area (Å²) in [4.78, 5) is 12.6. The lowest BCUT2D eigenvalue weighted by atomic mass is 9.98. The highest BCUT2D eigenvalue weighted by Gasteiger charge is 2.29. The van der Waals surface area contributed by atoms with Crippen LogP contribution in [-0.2, 0) is 4.79 Å². The number of primary amides is 1. The molecule has 5 heteroatoms. The first-order chi connectivity index (χ1) is 8.48. The van der Waals surface area contributed by atoms with E-state index in [1.807, 2.05) is 26.0 Å². The first-order valence-electron chi connectivity index (χ1n) is 5.91. The van der Waals surface area contributed by atoms with Gasteiger partial charge in [0.15, 0.2) is 0 Å². The fraction of sp³-hybridized carbons (Fsp3) is 0.462. The number of hydrogen-bond acceptors (Lipinski definition) is 3. The number of hydrogen-bond donors (Lipinski definition) is 2. The smallest absolute Gasteiger partial charge is 0.237 e. The Balaban J connectivity index is 2.48. The van der Waals surface area contributed by atoms with Gasteiger partial charge < -0.3 is 11.1 Å². The van der Waals surface area contributed by atoms with E-state index in [1.165, 1.54) is 4.90 Å². The zero-order valence-corrected chi connectivity index (χ0v) is 13.1. The van der Waals surface area contributed by atoms with Crippen LogP contribution >= 0.6 is 27.7 Å². The molecular weight excluding hydrogens is 312 g/mol. The minimum Gasteiger partial charge on any atom is -0.368 e. The number of halogens is 1. The maximum atomic E-state index is 11.4. The van der Waals surface area contributed by atoms with Crippen molar-refractivity contribution in [2.75, 3.05) is 12.3 Å². The monoisotopic (exact) mass is 330 g/mol. The average Bonchev–Trinajstić information content (AvgIpc) is 2.32. The summed E-state index contributed by atoms with van der Waals surface area (Å²) in [5.74, 6) is 0.564. The average molecular weight is 331 g/mol. The molecule has 0 bridgehead atoms. The molecule has 1 atom stereocenters. The standard InChI is InChI=1S/C13H19BrN2OS/c1-3-16-13(2,12(15)17)8-9-18-11-6-4-10(14)5-7-11/h4-7,16H,3,8-9H2,1-2H3,(H2,15,17). The van der Waals surface area contributed by atoms with Crippen molar-refractivity contribution in [3.8, 4) is 0 Å². The zero-order valence-electron chi connectivity index (χ0n) is 10.7. The number of thioether (sulfide) groups is 1. The van der Waals surface area contributed by atoms with Crippen LogP contribution in [0.15, 0.2) is 33.6 Å². The largest absolute Gasteiger partial charge is 0.368 e. The molecule has 0 radical (unpaired) electrons. The van der Waals surface area contributed by atoms with Crippen molar-refractivity contribution in [3.63, 3.8) is 0 Å². The Morgan fingerprint density at radius 2 is 2.06 bits per heavy atom. The topological polar surface area (TPSA) is 55.1 Å². The summed E-state index contributed by atoms with van der Waals surface area (Å²) < 4.78 is 1.07. The number of nitrogens with one attached hydrogen (secondary N) is 1. The molecule has 0 heterocycles. The van der Waals surface area contributed by atoms with Crippen molar-refractivity contribution >= 4 is 33.6 Å². The van der Waals surface area contributed by atoms with Crippen LogP contribution in [0.1, 0.15) is 20.3 Å². The summed E-state index contributed by atoms with van der Waals surface area (Å²) in [6.07, 6.45) is 0.719. The number of benzene rings is 1. The zero-order chi connectivity index (χ0) is 13.6. The molecule has 1 aromatic rings. The van der Waals surface area contributed by atoms with Gasteiger partial charge in [-0.05, 0) is 44.2 Å². The minimum atomic E-state index is -0.614. The van der Waals surface area contributed by atoms with E-state index in [0.29, 0.717) is 0 Å². The summed E-state index contributed by atoms with van der Waals surface area (Å²) >= 11 is 5.14. The number of nitrogens with two attached hydrogens (primary N) is 1. The van der Waals surface area contributed by atoms with Crippen LogP contribution in [0.3, 0.4) is 0 Å². The third kappa shape index (κ3) is 4.63. The predicted octanol–water partition coefficient (Wildman–Crippen LogP) is 2.78. The molecule has 0 spiro atoms. The van der Waals surface area contributed by atoms with Gasteiger partial charge in [-0.3, -0.25) is 4.79 Å². The second-order valence-corrected chi connectivity index (χ2v) is 6.36. The molecule has 18 heavy (non-hydrogen) atoms. The molecule has 0 fully saturated rings. The first-order valence-corrected chi connectivity index (χ1v) is 7.69. The Bertz CT molecular complexity index is 396. The van der Waals surface area contributed by atoms with Crippen LogP contribution in [0.2, 0.25) is 0 Å². The third-order valence-corrected chi connectivity index (χ3v) is 4.34.